The molecule has 0 bridgehead atoms. The predicted octanol–water partition coefficient (Wildman–Crippen LogP) is 3.44. The number of Topliss-reactive ketones (excluding diaryl/α,β-unsaturated/α-hetero) is 1. The summed E-state index contributed by atoms with van der Waals surface area (Å²) in [6, 6.07) is 20.0. The van der Waals surface area contributed by atoms with Gasteiger partial charge < -0.3 is 4.74 Å². The molecule has 4 rings (SSSR count). The molecular weight excluding hydrogens is 248 g/mol. The van der Waals surface area contributed by atoms with Gasteiger partial charge in [-0.05, 0) is 23.8 Å². The third-order valence-corrected chi connectivity index (χ3v) is 4.33. The molecule has 1 aliphatic heterocycles. The van der Waals surface area contributed by atoms with Crippen LogP contribution in [0.25, 0.3) is 0 Å². The van der Waals surface area contributed by atoms with Crippen LogP contribution >= 0.6 is 0 Å². The lowest BCUT2D eigenvalue weighted by molar-refractivity contribution is 0.0953. The number of hydrogen-bond acceptors (Lipinski definition) is 2. The first kappa shape index (κ1) is 11.9. The van der Waals surface area contributed by atoms with Crippen molar-refractivity contribution in [2.45, 2.75) is 24.5 Å². The van der Waals surface area contributed by atoms with Crippen LogP contribution in [-0.2, 0) is 4.74 Å². The van der Waals surface area contributed by atoms with E-state index in [9.17, 15) is 4.79 Å². The first-order chi connectivity index (χ1) is 9.84. The highest BCUT2D eigenvalue weighted by Crippen LogP contribution is 2.55. The Morgan fingerprint density at radius 3 is 2.30 bits per heavy atom. The minimum absolute atomic E-state index is 0.132. The highest BCUT2D eigenvalue weighted by Gasteiger charge is 2.58. The zero-order valence-electron chi connectivity index (χ0n) is 11.1. The van der Waals surface area contributed by atoms with Gasteiger partial charge in [-0.15, -0.1) is 0 Å². The van der Waals surface area contributed by atoms with Crippen molar-refractivity contribution in [3.63, 3.8) is 0 Å². The Kier molecular flexibility index (Phi) is 2.71. The van der Waals surface area contributed by atoms with Crippen LogP contribution in [0.2, 0.25) is 0 Å². The molecule has 2 fully saturated rings. The Morgan fingerprint density at radius 1 is 0.950 bits per heavy atom. The second-order valence-corrected chi connectivity index (χ2v) is 5.67. The van der Waals surface area contributed by atoms with Crippen LogP contribution in [0, 0.1) is 5.92 Å². The molecule has 4 atom stereocenters. The fourth-order valence-electron chi connectivity index (χ4n) is 3.09. The average molecular weight is 264 g/mol. The number of carbonyl (C=O) groups excluding carboxylic acids is 1. The lowest BCUT2D eigenvalue weighted by Crippen LogP contribution is -2.11. The predicted molar refractivity (Wildman–Crippen MR) is 76.7 cm³/mol. The molecule has 0 amide bonds. The van der Waals surface area contributed by atoms with Crippen molar-refractivity contribution in [3.8, 4) is 0 Å². The van der Waals surface area contributed by atoms with Gasteiger partial charge in [0.05, 0.1) is 6.10 Å². The number of hydrogen-bond donors (Lipinski definition) is 0. The summed E-state index contributed by atoms with van der Waals surface area (Å²) >= 11 is 0. The molecule has 1 saturated carbocycles. The van der Waals surface area contributed by atoms with E-state index in [4.69, 9.17) is 4.74 Å². The van der Waals surface area contributed by atoms with Crippen molar-refractivity contribution in [1.29, 1.82) is 0 Å². The van der Waals surface area contributed by atoms with Gasteiger partial charge in [0.2, 0.25) is 0 Å². The summed E-state index contributed by atoms with van der Waals surface area (Å²) < 4.78 is 5.66. The Hall–Kier alpha value is -1.93. The number of epoxide rings is 1. The Balaban J connectivity index is 1.41. The van der Waals surface area contributed by atoms with E-state index in [1.807, 2.05) is 36.4 Å². The van der Waals surface area contributed by atoms with Crippen molar-refractivity contribution >= 4 is 5.78 Å². The molecule has 2 heteroatoms. The van der Waals surface area contributed by atoms with Gasteiger partial charge in [-0.3, -0.25) is 4.79 Å². The summed E-state index contributed by atoms with van der Waals surface area (Å²) in [7, 11) is 0. The maximum atomic E-state index is 12.3. The highest BCUT2D eigenvalue weighted by atomic mass is 16.6. The van der Waals surface area contributed by atoms with Crippen LogP contribution in [0.3, 0.4) is 0 Å². The molecule has 100 valence electrons. The summed E-state index contributed by atoms with van der Waals surface area (Å²) in [6.45, 7) is 0. The number of benzene rings is 2. The van der Waals surface area contributed by atoms with Crippen molar-refractivity contribution < 1.29 is 9.53 Å². The Labute approximate surface area is 118 Å². The van der Waals surface area contributed by atoms with E-state index in [1.54, 1.807) is 0 Å². The van der Waals surface area contributed by atoms with Gasteiger partial charge in [0, 0.05) is 5.56 Å². The van der Waals surface area contributed by atoms with Crippen molar-refractivity contribution in [3.05, 3.63) is 71.8 Å². The van der Waals surface area contributed by atoms with Crippen LogP contribution < -0.4 is 0 Å². The number of ketones is 1. The molecule has 2 aliphatic rings. The van der Waals surface area contributed by atoms with E-state index in [2.05, 4.69) is 24.3 Å². The molecule has 2 aromatic carbocycles. The number of carbonyl (C=O) groups is 1. The fourth-order valence-corrected chi connectivity index (χ4v) is 3.09. The third kappa shape index (κ3) is 2.06. The van der Waals surface area contributed by atoms with Gasteiger partial charge in [-0.1, -0.05) is 60.7 Å². The van der Waals surface area contributed by atoms with Crippen molar-refractivity contribution in [1.82, 2.24) is 0 Å². The van der Waals surface area contributed by atoms with Gasteiger partial charge in [0.15, 0.2) is 5.78 Å². The van der Waals surface area contributed by atoms with E-state index >= 15 is 0 Å². The summed E-state index contributed by atoms with van der Waals surface area (Å²) in [5.74, 6) is 1.24. The highest BCUT2D eigenvalue weighted by molar-refractivity contribution is 6.01. The number of ether oxygens (including phenoxy) is 1. The minimum atomic E-state index is -0.212. The van der Waals surface area contributed by atoms with Crippen LogP contribution in [0.4, 0.5) is 0 Å². The van der Waals surface area contributed by atoms with E-state index in [0.29, 0.717) is 11.8 Å². The molecule has 0 radical (unpaired) electrons. The molecule has 0 aromatic heterocycles. The zero-order chi connectivity index (χ0) is 13.5. The van der Waals surface area contributed by atoms with E-state index in [0.717, 1.165) is 12.0 Å². The summed E-state index contributed by atoms with van der Waals surface area (Å²) in [4.78, 5) is 12.3. The third-order valence-electron chi connectivity index (χ3n) is 4.33. The van der Waals surface area contributed by atoms with E-state index < -0.39 is 0 Å². The molecule has 2 aromatic rings. The van der Waals surface area contributed by atoms with Gasteiger partial charge in [0.25, 0.3) is 0 Å². The zero-order valence-corrected chi connectivity index (χ0v) is 11.1. The fraction of sp³-hybridized carbons (Fsp3) is 0.278. The van der Waals surface area contributed by atoms with Crippen LogP contribution in [0.1, 0.15) is 28.3 Å². The van der Waals surface area contributed by atoms with Gasteiger partial charge in [-0.2, -0.15) is 0 Å². The minimum Gasteiger partial charge on any atom is -0.361 e. The van der Waals surface area contributed by atoms with Crippen LogP contribution in [0.5, 0.6) is 0 Å². The van der Waals surface area contributed by atoms with Crippen LogP contribution in [0.15, 0.2) is 60.7 Å². The standard InChI is InChI=1S/C18H16O2/c19-16(13-9-5-2-6-10-13)18-17(20-18)15-11-14(15)12-7-3-1-4-8-12/h1-10,14-15,17-18H,11H2/t14?,15?,17-,18-/m0/s1. The van der Waals surface area contributed by atoms with Gasteiger partial charge in [0.1, 0.15) is 6.10 Å². The molecule has 2 nitrogen and oxygen atoms in total. The quantitative estimate of drug-likeness (QED) is 0.625. The maximum absolute atomic E-state index is 12.3. The normalized spacial score (nSPS) is 30.8. The molecule has 0 N–H and O–H groups in total. The largest absolute Gasteiger partial charge is 0.361 e. The molecule has 0 spiro atoms. The Morgan fingerprint density at radius 2 is 1.60 bits per heavy atom. The summed E-state index contributed by atoms with van der Waals surface area (Å²) in [5.41, 5.74) is 2.14. The smallest absolute Gasteiger partial charge is 0.194 e. The first-order valence-corrected chi connectivity index (χ1v) is 7.14. The second kappa shape index (κ2) is 4.57. The van der Waals surface area contributed by atoms with Crippen molar-refractivity contribution in [2.75, 3.05) is 0 Å². The molecule has 1 saturated heterocycles. The molecule has 20 heavy (non-hydrogen) atoms. The second-order valence-electron chi connectivity index (χ2n) is 5.67. The molecule has 2 unspecified atom stereocenters. The lowest BCUT2D eigenvalue weighted by atomic mass is 10.0. The van der Waals surface area contributed by atoms with Crippen molar-refractivity contribution in [2.24, 2.45) is 5.92 Å². The molecule has 1 aliphatic carbocycles. The summed E-state index contributed by atoms with van der Waals surface area (Å²) in [6.07, 6.45) is 1.07. The van der Waals surface area contributed by atoms with E-state index in [1.165, 1.54) is 5.56 Å². The molecule has 1 heterocycles. The van der Waals surface area contributed by atoms with E-state index in [-0.39, 0.29) is 18.0 Å². The molecular formula is C18H16O2. The first-order valence-electron chi connectivity index (χ1n) is 7.14. The number of rotatable bonds is 4. The maximum Gasteiger partial charge on any atom is 0.194 e. The Bertz CT molecular complexity index is 620. The average Bonchev–Trinajstić information content (AvgIpc) is 3.39. The van der Waals surface area contributed by atoms with Crippen LogP contribution in [-0.4, -0.2) is 18.0 Å². The van der Waals surface area contributed by atoms with Gasteiger partial charge in [-0.25, -0.2) is 0 Å². The lowest BCUT2D eigenvalue weighted by Gasteiger charge is -1.98. The van der Waals surface area contributed by atoms with Gasteiger partial charge >= 0.3 is 0 Å². The monoisotopic (exact) mass is 264 g/mol. The summed E-state index contributed by atoms with van der Waals surface area (Å²) in [5, 5.41) is 0. The topological polar surface area (TPSA) is 29.6 Å². The SMILES string of the molecule is O=C(c1ccccc1)[C@@H]1O[C@H]1C1CC1c1ccccc1.